The zero-order valence-electron chi connectivity index (χ0n) is 15.5. The first-order valence-corrected chi connectivity index (χ1v) is 8.88. The van der Waals surface area contributed by atoms with Crippen LogP contribution in [0.15, 0.2) is 72.8 Å². The van der Waals surface area contributed by atoms with Crippen molar-refractivity contribution in [3.63, 3.8) is 0 Å². The van der Waals surface area contributed by atoms with E-state index in [0.717, 1.165) is 16.8 Å². The van der Waals surface area contributed by atoms with Gasteiger partial charge in [0.1, 0.15) is 0 Å². The lowest BCUT2D eigenvalue weighted by Crippen LogP contribution is -2.22. The summed E-state index contributed by atoms with van der Waals surface area (Å²) in [5.74, 6) is -1.89. The number of carbonyl (C=O) groups is 2. The van der Waals surface area contributed by atoms with E-state index >= 15 is 0 Å². The van der Waals surface area contributed by atoms with Crippen LogP contribution < -0.4 is 4.90 Å². The molecule has 0 spiro atoms. The maximum Gasteiger partial charge on any atom is 0.335 e. The molecule has 0 amide bonds. The molecule has 0 saturated carbocycles. The molecular weight excluding hydrogens is 354 g/mol. The van der Waals surface area contributed by atoms with Crippen molar-refractivity contribution < 1.29 is 19.8 Å². The van der Waals surface area contributed by atoms with E-state index in [9.17, 15) is 9.59 Å². The Balaban J connectivity index is 1.85. The summed E-state index contributed by atoms with van der Waals surface area (Å²) in [6.45, 7) is 3.23. The second-order valence-corrected chi connectivity index (χ2v) is 6.70. The van der Waals surface area contributed by atoms with Gasteiger partial charge >= 0.3 is 11.9 Å². The third kappa shape index (κ3) is 4.76. The quantitative estimate of drug-likeness (QED) is 0.631. The molecule has 0 aromatic heterocycles. The Hall–Kier alpha value is -3.60. The standard InChI is InChI=1S/C23H21NO4/c1-16-2-12-21(13-3-16)24(14-17-4-8-19(9-5-17)22(25)26)15-18-6-10-20(11-7-18)23(27)28/h2-13H,14-15H2,1H3,(H,25,26)(H,27,28). The van der Waals surface area contributed by atoms with E-state index < -0.39 is 11.9 Å². The molecule has 0 aliphatic rings. The molecule has 3 rings (SSSR count). The molecule has 3 aromatic carbocycles. The number of aryl methyl sites for hydroxylation is 1. The van der Waals surface area contributed by atoms with Crippen LogP contribution in [0.1, 0.15) is 37.4 Å². The SMILES string of the molecule is Cc1ccc(N(Cc2ccc(C(=O)O)cc2)Cc2ccc(C(=O)O)cc2)cc1. The van der Waals surface area contributed by atoms with Gasteiger partial charge in [-0.2, -0.15) is 0 Å². The highest BCUT2D eigenvalue weighted by atomic mass is 16.4. The van der Waals surface area contributed by atoms with Crippen molar-refractivity contribution in [3.05, 3.63) is 101 Å². The predicted molar refractivity (Wildman–Crippen MR) is 108 cm³/mol. The summed E-state index contributed by atoms with van der Waals surface area (Å²) >= 11 is 0. The van der Waals surface area contributed by atoms with Gasteiger partial charge in [-0.05, 0) is 54.4 Å². The minimum atomic E-state index is -0.944. The Morgan fingerprint density at radius 2 is 1.07 bits per heavy atom. The molecule has 0 saturated heterocycles. The van der Waals surface area contributed by atoms with Crippen LogP contribution in [0.4, 0.5) is 5.69 Å². The van der Waals surface area contributed by atoms with E-state index in [1.165, 1.54) is 5.56 Å². The fourth-order valence-corrected chi connectivity index (χ4v) is 2.94. The van der Waals surface area contributed by atoms with Crippen LogP contribution in [0, 0.1) is 6.92 Å². The molecule has 5 nitrogen and oxygen atoms in total. The molecule has 142 valence electrons. The van der Waals surface area contributed by atoms with E-state index in [1.54, 1.807) is 24.3 Å². The highest BCUT2D eigenvalue weighted by Crippen LogP contribution is 2.21. The van der Waals surface area contributed by atoms with Crippen molar-refractivity contribution in [2.75, 3.05) is 4.90 Å². The van der Waals surface area contributed by atoms with Gasteiger partial charge in [-0.25, -0.2) is 9.59 Å². The summed E-state index contributed by atoms with van der Waals surface area (Å²) in [7, 11) is 0. The van der Waals surface area contributed by atoms with Crippen LogP contribution in [0.3, 0.4) is 0 Å². The van der Waals surface area contributed by atoms with Gasteiger partial charge in [-0.1, -0.05) is 42.0 Å². The highest BCUT2D eigenvalue weighted by molar-refractivity contribution is 5.88. The third-order valence-electron chi connectivity index (χ3n) is 4.55. The second kappa shape index (κ2) is 8.39. The Bertz CT molecular complexity index is 901. The Morgan fingerprint density at radius 1 is 0.679 bits per heavy atom. The number of aromatic carboxylic acids is 2. The van der Waals surface area contributed by atoms with Gasteiger partial charge in [0.05, 0.1) is 11.1 Å². The first kappa shape index (κ1) is 19.2. The second-order valence-electron chi connectivity index (χ2n) is 6.70. The van der Waals surface area contributed by atoms with Crippen molar-refractivity contribution in [2.45, 2.75) is 20.0 Å². The zero-order valence-corrected chi connectivity index (χ0v) is 15.5. The number of carboxylic acids is 2. The molecule has 3 aromatic rings. The van der Waals surface area contributed by atoms with Crippen molar-refractivity contribution in [3.8, 4) is 0 Å². The highest BCUT2D eigenvalue weighted by Gasteiger charge is 2.11. The average molecular weight is 375 g/mol. The summed E-state index contributed by atoms with van der Waals surface area (Å²) in [6.07, 6.45) is 0. The number of carboxylic acid groups (broad SMARTS) is 2. The van der Waals surface area contributed by atoms with Gasteiger partial charge in [0.25, 0.3) is 0 Å². The zero-order chi connectivity index (χ0) is 20.1. The summed E-state index contributed by atoms with van der Waals surface area (Å²) in [5, 5.41) is 18.1. The predicted octanol–water partition coefficient (Wildman–Crippen LogP) is 4.60. The van der Waals surface area contributed by atoms with Crippen LogP contribution in [0.25, 0.3) is 0 Å². The molecule has 0 aliphatic heterocycles. The molecule has 0 bridgehead atoms. The van der Waals surface area contributed by atoms with Crippen molar-refractivity contribution in [2.24, 2.45) is 0 Å². The van der Waals surface area contributed by atoms with Crippen LogP contribution in [-0.4, -0.2) is 22.2 Å². The monoisotopic (exact) mass is 375 g/mol. The van der Waals surface area contributed by atoms with Crippen molar-refractivity contribution in [1.82, 2.24) is 0 Å². The maximum absolute atomic E-state index is 11.1. The first-order valence-electron chi connectivity index (χ1n) is 8.88. The van der Waals surface area contributed by atoms with Crippen LogP contribution in [-0.2, 0) is 13.1 Å². The summed E-state index contributed by atoms with van der Waals surface area (Å²) < 4.78 is 0. The lowest BCUT2D eigenvalue weighted by Gasteiger charge is -2.25. The molecular formula is C23H21NO4. The van der Waals surface area contributed by atoms with Crippen LogP contribution in [0.2, 0.25) is 0 Å². The fourth-order valence-electron chi connectivity index (χ4n) is 2.94. The molecule has 0 unspecified atom stereocenters. The van der Waals surface area contributed by atoms with Crippen LogP contribution in [0.5, 0.6) is 0 Å². The Morgan fingerprint density at radius 3 is 1.43 bits per heavy atom. The number of hydrogen-bond donors (Lipinski definition) is 2. The molecule has 0 fully saturated rings. The lowest BCUT2D eigenvalue weighted by molar-refractivity contribution is 0.0686. The van der Waals surface area contributed by atoms with E-state index in [2.05, 4.69) is 4.90 Å². The van der Waals surface area contributed by atoms with Gasteiger partial charge in [0.2, 0.25) is 0 Å². The van der Waals surface area contributed by atoms with Gasteiger partial charge in [-0.15, -0.1) is 0 Å². The lowest BCUT2D eigenvalue weighted by atomic mass is 10.1. The van der Waals surface area contributed by atoms with Crippen molar-refractivity contribution in [1.29, 1.82) is 0 Å². The maximum atomic E-state index is 11.1. The van der Waals surface area contributed by atoms with Gasteiger partial charge in [-0.3, -0.25) is 0 Å². The number of nitrogens with zero attached hydrogens (tertiary/aromatic N) is 1. The van der Waals surface area contributed by atoms with E-state index in [-0.39, 0.29) is 11.1 Å². The van der Waals surface area contributed by atoms with Gasteiger partial charge in [0, 0.05) is 18.8 Å². The Kier molecular flexibility index (Phi) is 5.75. The molecule has 0 atom stereocenters. The number of anilines is 1. The molecule has 28 heavy (non-hydrogen) atoms. The van der Waals surface area contributed by atoms with Crippen molar-refractivity contribution >= 4 is 17.6 Å². The smallest absolute Gasteiger partial charge is 0.335 e. The number of benzene rings is 3. The van der Waals surface area contributed by atoms with E-state index in [4.69, 9.17) is 10.2 Å². The molecule has 0 radical (unpaired) electrons. The largest absolute Gasteiger partial charge is 0.478 e. The van der Waals surface area contributed by atoms with E-state index in [0.29, 0.717) is 13.1 Å². The normalized spacial score (nSPS) is 10.5. The minimum Gasteiger partial charge on any atom is -0.478 e. The molecule has 0 heterocycles. The van der Waals surface area contributed by atoms with Crippen LogP contribution >= 0.6 is 0 Å². The van der Waals surface area contributed by atoms with Gasteiger partial charge in [0.15, 0.2) is 0 Å². The third-order valence-corrected chi connectivity index (χ3v) is 4.55. The minimum absolute atomic E-state index is 0.259. The van der Waals surface area contributed by atoms with Gasteiger partial charge < -0.3 is 15.1 Å². The van der Waals surface area contributed by atoms with E-state index in [1.807, 2.05) is 55.5 Å². The average Bonchev–Trinajstić information content (AvgIpc) is 2.69. The summed E-state index contributed by atoms with van der Waals surface area (Å²) in [5.41, 5.74) is 4.71. The topological polar surface area (TPSA) is 77.8 Å². The molecule has 5 heteroatoms. The summed E-state index contributed by atoms with van der Waals surface area (Å²) in [4.78, 5) is 24.3. The first-order chi connectivity index (χ1) is 13.4. The number of hydrogen-bond acceptors (Lipinski definition) is 3. The Labute approximate surface area is 163 Å². The molecule has 2 N–H and O–H groups in total. The number of rotatable bonds is 7. The summed E-state index contributed by atoms with van der Waals surface area (Å²) in [6, 6.07) is 21.9. The fraction of sp³-hybridized carbons (Fsp3) is 0.130. The molecule has 0 aliphatic carbocycles.